The molecule has 10 nitrogen and oxygen atoms in total. The Bertz CT molecular complexity index is 1370. The Kier molecular flexibility index (Phi) is 5.82. The predicted molar refractivity (Wildman–Crippen MR) is 123 cm³/mol. The standard InChI is InChI=1S/C23H24N6O4/c1-23(2,3)33-22(31)26-16-9-15-10-18(5-6-19(15)24-11-16)32-14-20-21(30)7-8-29(27-20)17-12-25-28(4)13-17/h5-13H,14H2,1-4H3,(H,26,31). The van der Waals surface area contributed by atoms with E-state index < -0.39 is 11.7 Å². The Hall–Kier alpha value is -4.21. The minimum Gasteiger partial charge on any atom is -0.487 e. The van der Waals surface area contributed by atoms with Crippen LogP contribution in [0.2, 0.25) is 0 Å². The minimum atomic E-state index is -0.601. The summed E-state index contributed by atoms with van der Waals surface area (Å²) in [5.41, 5.74) is 1.41. The number of anilines is 1. The second-order valence-electron chi connectivity index (χ2n) is 8.44. The summed E-state index contributed by atoms with van der Waals surface area (Å²) in [5.74, 6) is 0.539. The second-order valence-corrected chi connectivity index (χ2v) is 8.44. The Labute approximate surface area is 189 Å². The lowest BCUT2D eigenvalue weighted by Gasteiger charge is -2.19. The molecule has 0 atom stereocenters. The predicted octanol–water partition coefficient (Wildman–Crippen LogP) is 3.44. The van der Waals surface area contributed by atoms with Crippen molar-refractivity contribution in [3.05, 3.63) is 71.0 Å². The van der Waals surface area contributed by atoms with E-state index in [2.05, 4.69) is 20.5 Å². The number of rotatable bonds is 5. The van der Waals surface area contributed by atoms with Crippen molar-refractivity contribution in [2.45, 2.75) is 33.0 Å². The van der Waals surface area contributed by atoms with E-state index in [9.17, 15) is 9.59 Å². The van der Waals surface area contributed by atoms with E-state index in [0.29, 0.717) is 11.4 Å². The molecule has 0 saturated heterocycles. The van der Waals surface area contributed by atoms with Gasteiger partial charge in [0.25, 0.3) is 0 Å². The summed E-state index contributed by atoms with van der Waals surface area (Å²) in [4.78, 5) is 28.6. The Morgan fingerprint density at radius 1 is 1.15 bits per heavy atom. The molecule has 0 unspecified atom stereocenters. The smallest absolute Gasteiger partial charge is 0.412 e. The average molecular weight is 448 g/mol. The van der Waals surface area contributed by atoms with E-state index in [0.717, 1.165) is 16.6 Å². The molecule has 3 aromatic heterocycles. The van der Waals surface area contributed by atoms with Crippen LogP contribution in [0.25, 0.3) is 16.6 Å². The highest BCUT2D eigenvalue weighted by atomic mass is 16.6. The van der Waals surface area contributed by atoms with Gasteiger partial charge in [0, 0.05) is 24.7 Å². The lowest BCUT2D eigenvalue weighted by molar-refractivity contribution is 0.0636. The number of ether oxygens (including phenoxy) is 2. The summed E-state index contributed by atoms with van der Waals surface area (Å²) in [6.07, 6.45) is 6.03. The largest absolute Gasteiger partial charge is 0.487 e. The maximum Gasteiger partial charge on any atom is 0.412 e. The van der Waals surface area contributed by atoms with E-state index in [1.807, 2.05) is 0 Å². The summed E-state index contributed by atoms with van der Waals surface area (Å²) >= 11 is 0. The molecule has 170 valence electrons. The molecule has 0 fully saturated rings. The molecule has 0 spiro atoms. The van der Waals surface area contributed by atoms with E-state index in [1.54, 1.807) is 86.2 Å². The molecule has 0 aliphatic heterocycles. The van der Waals surface area contributed by atoms with Gasteiger partial charge in [0.1, 0.15) is 29.3 Å². The fourth-order valence-corrected chi connectivity index (χ4v) is 3.06. The summed E-state index contributed by atoms with van der Waals surface area (Å²) in [5, 5.41) is 11.9. The molecular formula is C23H24N6O4. The van der Waals surface area contributed by atoms with E-state index in [4.69, 9.17) is 9.47 Å². The van der Waals surface area contributed by atoms with Gasteiger partial charge in [-0.15, -0.1) is 0 Å². The molecule has 33 heavy (non-hydrogen) atoms. The number of nitrogens with one attached hydrogen (secondary N) is 1. The lowest BCUT2D eigenvalue weighted by atomic mass is 10.2. The molecule has 4 aromatic rings. The van der Waals surface area contributed by atoms with Crippen LogP contribution >= 0.6 is 0 Å². The van der Waals surface area contributed by atoms with Gasteiger partial charge in [-0.1, -0.05) is 0 Å². The van der Waals surface area contributed by atoms with Gasteiger partial charge in [-0.2, -0.15) is 10.2 Å². The summed E-state index contributed by atoms with van der Waals surface area (Å²) < 4.78 is 14.3. The number of aromatic nitrogens is 5. The average Bonchev–Trinajstić information content (AvgIpc) is 3.17. The Balaban J connectivity index is 1.50. The molecule has 1 aromatic carbocycles. The fourth-order valence-electron chi connectivity index (χ4n) is 3.06. The quantitative estimate of drug-likeness (QED) is 0.497. The third-order valence-electron chi connectivity index (χ3n) is 4.51. The molecule has 0 bridgehead atoms. The zero-order valence-corrected chi connectivity index (χ0v) is 18.8. The van der Waals surface area contributed by atoms with Gasteiger partial charge < -0.3 is 9.47 Å². The Morgan fingerprint density at radius 2 is 1.97 bits per heavy atom. The zero-order valence-electron chi connectivity index (χ0n) is 18.8. The summed E-state index contributed by atoms with van der Waals surface area (Å²) in [6, 6.07) is 8.56. The number of pyridine rings is 1. The van der Waals surface area contributed by atoms with Gasteiger partial charge >= 0.3 is 6.09 Å². The monoisotopic (exact) mass is 448 g/mol. The first-order chi connectivity index (χ1) is 15.7. The number of hydrogen-bond donors (Lipinski definition) is 1. The first kappa shape index (κ1) is 22.0. The normalized spacial score (nSPS) is 11.4. The highest BCUT2D eigenvalue weighted by Gasteiger charge is 2.16. The number of nitrogens with zero attached hydrogens (tertiary/aromatic N) is 5. The van der Waals surface area contributed by atoms with Crippen LogP contribution in [0.3, 0.4) is 0 Å². The van der Waals surface area contributed by atoms with Crippen LogP contribution < -0.4 is 15.5 Å². The first-order valence-electron chi connectivity index (χ1n) is 10.3. The van der Waals surface area contributed by atoms with Crippen molar-refractivity contribution in [3.63, 3.8) is 0 Å². The molecule has 0 aliphatic carbocycles. The lowest BCUT2D eigenvalue weighted by Crippen LogP contribution is -2.27. The maximum absolute atomic E-state index is 12.2. The van der Waals surface area contributed by atoms with Crippen molar-refractivity contribution in [3.8, 4) is 11.4 Å². The van der Waals surface area contributed by atoms with Crippen LogP contribution in [0.15, 0.2) is 59.9 Å². The maximum atomic E-state index is 12.2. The molecule has 0 aliphatic rings. The third kappa shape index (κ3) is 5.53. The zero-order chi connectivity index (χ0) is 23.6. The minimum absolute atomic E-state index is 0.00524. The van der Waals surface area contributed by atoms with Crippen molar-refractivity contribution >= 4 is 22.7 Å². The van der Waals surface area contributed by atoms with Crippen molar-refractivity contribution in [2.75, 3.05) is 5.32 Å². The van der Waals surface area contributed by atoms with Crippen LogP contribution in [0.1, 0.15) is 26.5 Å². The molecule has 0 saturated carbocycles. The van der Waals surface area contributed by atoms with Crippen LogP contribution in [0.5, 0.6) is 5.75 Å². The summed E-state index contributed by atoms with van der Waals surface area (Å²) in [7, 11) is 1.80. The second kappa shape index (κ2) is 8.73. The first-order valence-corrected chi connectivity index (χ1v) is 10.3. The molecule has 0 radical (unpaired) electrons. The SMILES string of the molecule is Cn1cc(-n2ccc(=O)c(COc3ccc4ncc(NC(=O)OC(C)(C)C)cc4c3)n2)cn1. The van der Waals surface area contributed by atoms with Crippen molar-refractivity contribution in [1.29, 1.82) is 0 Å². The number of hydrogen-bond acceptors (Lipinski definition) is 7. The molecule has 1 N–H and O–H groups in total. The number of carbonyl (C=O) groups is 1. The van der Waals surface area contributed by atoms with Gasteiger partial charge in [0.2, 0.25) is 5.43 Å². The molecular weight excluding hydrogens is 424 g/mol. The van der Waals surface area contributed by atoms with E-state index in [1.165, 1.54) is 6.07 Å². The number of carbonyl (C=O) groups excluding carboxylic acids is 1. The molecule has 10 heteroatoms. The van der Waals surface area contributed by atoms with E-state index >= 15 is 0 Å². The number of benzene rings is 1. The van der Waals surface area contributed by atoms with Gasteiger partial charge in [-0.05, 0) is 45.0 Å². The van der Waals surface area contributed by atoms with Crippen molar-refractivity contribution in [1.82, 2.24) is 24.5 Å². The van der Waals surface area contributed by atoms with Gasteiger partial charge in [0.15, 0.2) is 0 Å². The highest BCUT2D eigenvalue weighted by molar-refractivity contribution is 5.89. The Morgan fingerprint density at radius 3 is 2.70 bits per heavy atom. The number of amides is 1. The third-order valence-corrected chi connectivity index (χ3v) is 4.51. The molecule has 3 heterocycles. The van der Waals surface area contributed by atoms with Crippen LogP contribution in [0, 0.1) is 0 Å². The van der Waals surface area contributed by atoms with Crippen LogP contribution in [-0.4, -0.2) is 36.2 Å². The molecule has 1 amide bonds. The number of fused-ring (bicyclic) bond motifs is 1. The van der Waals surface area contributed by atoms with Crippen LogP contribution in [-0.2, 0) is 18.4 Å². The summed E-state index contributed by atoms with van der Waals surface area (Å²) in [6.45, 7) is 5.38. The highest BCUT2D eigenvalue weighted by Crippen LogP contribution is 2.23. The molecule has 4 rings (SSSR count). The van der Waals surface area contributed by atoms with Crippen molar-refractivity contribution < 1.29 is 14.3 Å². The van der Waals surface area contributed by atoms with E-state index in [-0.39, 0.29) is 17.7 Å². The fraction of sp³-hybridized carbons (Fsp3) is 0.261. The topological polar surface area (TPSA) is 113 Å². The number of aryl methyl sites for hydroxylation is 1. The van der Waals surface area contributed by atoms with Gasteiger partial charge in [-0.3, -0.25) is 19.8 Å². The van der Waals surface area contributed by atoms with Crippen molar-refractivity contribution in [2.24, 2.45) is 7.05 Å². The van der Waals surface area contributed by atoms with Crippen LogP contribution in [0.4, 0.5) is 10.5 Å². The van der Waals surface area contributed by atoms with Gasteiger partial charge in [0.05, 0.1) is 29.8 Å². The van der Waals surface area contributed by atoms with Gasteiger partial charge in [-0.25, -0.2) is 9.48 Å².